The molecular weight excluding hydrogens is 264 g/mol. The van der Waals surface area contributed by atoms with Crippen molar-refractivity contribution in [1.82, 2.24) is 4.98 Å². The Kier molecular flexibility index (Phi) is 2.73. The summed E-state index contributed by atoms with van der Waals surface area (Å²) in [5, 5.41) is 0.654. The van der Waals surface area contributed by atoms with Crippen molar-refractivity contribution in [2.24, 2.45) is 0 Å². The molecule has 0 unspecified atom stereocenters. The average molecular weight is 269 g/mol. The average Bonchev–Trinajstić information content (AvgIpc) is 1.95. The summed E-state index contributed by atoms with van der Waals surface area (Å²) in [5.41, 5.74) is 0. The summed E-state index contributed by atoms with van der Waals surface area (Å²) < 4.78 is 5.64. The smallest absolute Gasteiger partial charge is 0.214 e. The molecule has 0 saturated heterocycles. The van der Waals surface area contributed by atoms with Crippen molar-refractivity contribution < 1.29 is 4.74 Å². The molecule has 0 amide bonds. The second-order valence-corrected chi connectivity index (χ2v) is 3.06. The fraction of sp³-hybridized carbons (Fsp3) is 0.167. The van der Waals surface area contributed by atoms with Crippen LogP contribution in [0.2, 0.25) is 5.02 Å². The molecule has 1 rings (SSSR count). The first-order chi connectivity index (χ1) is 4.74. The van der Waals surface area contributed by atoms with Crippen LogP contribution in [0, 0.1) is 3.70 Å². The fourth-order valence-electron chi connectivity index (χ4n) is 0.514. The van der Waals surface area contributed by atoms with Gasteiger partial charge < -0.3 is 4.74 Å². The van der Waals surface area contributed by atoms with E-state index in [0.717, 1.165) is 3.70 Å². The number of ether oxygens (including phenoxy) is 1. The quantitative estimate of drug-likeness (QED) is 0.577. The molecule has 0 bridgehead atoms. The van der Waals surface area contributed by atoms with Crippen LogP contribution in [0.15, 0.2) is 12.1 Å². The number of aromatic nitrogens is 1. The minimum atomic E-state index is 0.591. The fourth-order valence-corrected chi connectivity index (χ4v) is 1.04. The lowest BCUT2D eigenvalue weighted by molar-refractivity contribution is 0.397. The first-order valence-electron chi connectivity index (χ1n) is 2.60. The number of nitrogens with zero attached hydrogens (tertiary/aromatic N) is 1. The van der Waals surface area contributed by atoms with Crippen LogP contribution in [-0.4, -0.2) is 12.1 Å². The van der Waals surface area contributed by atoms with E-state index in [-0.39, 0.29) is 0 Å². The van der Waals surface area contributed by atoms with Crippen LogP contribution in [0.1, 0.15) is 0 Å². The van der Waals surface area contributed by atoms with E-state index < -0.39 is 0 Å². The highest BCUT2D eigenvalue weighted by Crippen LogP contribution is 2.18. The molecule has 2 nitrogen and oxygen atoms in total. The highest BCUT2D eigenvalue weighted by atomic mass is 127. The van der Waals surface area contributed by atoms with Crippen molar-refractivity contribution in [2.45, 2.75) is 0 Å². The lowest BCUT2D eigenvalue weighted by Gasteiger charge is -1.98. The lowest BCUT2D eigenvalue weighted by atomic mass is 10.5. The van der Waals surface area contributed by atoms with Gasteiger partial charge in [-0.1, -0.05) is 11.6 Å². The van der Waals surface area contributed by atoms with E-state index in [4.69, 9.17) is 16.3 Å². The number of hydrogen-bond donors (Lipinski definition) is 0. The van der Waals surface area contributed by atoms with E-state index in [0.29, 0.717) is 10.9 Å². The largest absolute Gasteiger partial charge is 0.481 e. The maximum absolute atomic E-state index is 5.71. The first-order valence-corrected chi connectivity index (χ1v) is 4.05. The summed E-state index contributed by atoms with van der Waals surface area (Å²) in [5.74, 6) is 0.591. The van der Waals surface area contributed by atoms with Crippen molar-refractivity contribution in [3.8, 4) is 5.88 Å². The topological polar surface area (TPSA) is 22.1 Å². The van der Waals surface area contributed by atoms with Gasteiger partial charge in [-0.2, -0.15) is 0 Å². The van der Waals surface area contributed by atoms with Gasteiger partial charge in [0.1, 0.15) is 3.70 Å². The standard InChI is InChI=1S/C6H5ClINO/c1-10-5-3-2-4(7)6(8)9-5/h2-3H,1H3. The van der Waals surface area contributed by atoms with Crippen molar-refractivity contribution in [2.75, 3.05) is 7.11 Å². The molecule has 0 aromatic carbocycles. The van der Waals surface area contributed by atoms with Crippen molar-refractivity contribution in [3.63, 3.8) is 0 Å². The van der Waals surface area contributed by atoms with Gasteiger partial charge in [-0.3, -0.25) is 0 Å². The zero-order chi connectivity index (χ0) is 7.56. The summed E-state index contributed by atoms with van der Waals surface area (Å²) in [6.07, 6.45) is 0. The summed E-state index contributed by atoms with van der Waals surface area (Å²) in [6, 6.07) is 3.49. The van der Waals surface area contributed by atoms with Gasteiger partial charge in [0.05, 0.1) is 12.1 Å². The predicted molar refractivity (Wildman–Crippen MR) is 48.5 cm³/mol. The van der Waals surface area contributed by atoms with E-state index >= 15 is 0 Å². The molecule has 0 radical (unpaired) electrons. The Hall–Kier alpha value is -0.0300. The van der Waals surface area contributed by atoms with Gasteiger partial charge in [-0.25, -0.2) is 4.98 Å². The lowest BCUT2D eigenvalue weighted by Crippen LogP contribution is -1.88. The number of pyridine rings is 1. The maximum atomic E-state index is 5.71. The molecule has 0 aliphatic heterocycles. The molecule has 0 aliphatic rings. The SMILES string of the molecule is COc1ccc(Cl)c(I)n1. The summed E-state index contributed by atoms with van der Waals surface area (Å²) in [6.45, 7) is 0. The van der Waals surface area contributed by atoms with E-state index in [1.54, 1.807) is 19.2 Å². The van der Waals surface area contributed by atoms with Gasteiger partial charge in [0.2, 0.25) is 5.88 Å². The monoisotopic (exact) mass is 269 g/mol. The Balaban J connectivity index is 3.04. The van der Waals surface area contributed by atoms with E-state index in [1.165, 1.54) is 0 Å². The molecule has 0 atom stereocenters. The summed E-state index contributed by atoms with van der Waals surface area (Å²) in [7, 11) is 1.58. The van der Waals surface area contributed by atoms with Gasteiger partial charge >= 0.3 is 0 Å². The Morgan fingerprint density at radius 1 is 1.60 bits per heavy atom. The van der Waals surface area contributed by atoms with Crippen molar-refractivity contribution >= 4 is 34.2 Å². The predicted octanol–water partition coefficient (Wildman–Crippen LogP) is 2.35. The second kappa shape index (κ2) is 3.39. The minimum Gasteiger partial charge on any atom is -0.481 e. The van der Waals surface area contributed by atoms with Gasteiger partial charge in [0.15, 0.2) is 0 Å². The molecule has 1 heterocycles. The normalized spacial score (nSPS) is 9.50. The third-order valence-corrected chi connectivity index (χ3v) is 2.43. The van der Waals surface area contributed by atoms with Gasteiger partial charge in [-0.05, 0) is 28.7 Å². The van der Waals surface area contributed by atoms with E-state index in [9.17, 15) is 0 Å². The third kappa shape index (κ3) is 1.73. The van der Waals surface area contributed by atoms with Crippen molar-refractivity contribution in [3.05, 3.63) is 20.9 Å². The van der Waals surface area contributed by atoms with E-state index in [1.807, 2.05) is 0 Å². The summed E-state index contributed by atoms with van der Waals surface area (Å²) >= 11 is 7.76. The molecule has 0 spiro atoms. The number of hydrogen-bond acceptors (Lipinski definition) is 2. The second-order valence-electron chi connectivity index (χ2n) is 1.63. The molecule has 54 valence electrons. The third-order valence-electron chi connectivity index (χ3n) is 0.987. The van der Waals surface area contributed by atoms with Crippen LogP contribution in [0.25, 0.3) is 0 Å². The van der Waals surface area contributed by atoms with Crippen LogP contribution in [-0.2, 0) is 0 Å². The molecule has 4 heteroatoms. The molecule has 0 aliphatic carbocycles. The van der Waals surface area contributed by atoms with Crippen LogP contribution in [0.3, 0.4) is 0 Å². The number of rotatable bonds is 1. The Bertz CT molecular complexity index is 241. The highest BCUT2D eigenvalue weighted by Gasteiger charge is 1.98. The van der Waals surface area contributed by atoms with Crippen LogP contribution in [0.4, 0.5) is 0 Å². The summed E-state index contributed by atoms with van der Waals surface area (Å²) in [4.78, 5) is 4.02. The van der Waals surface area contributed by atoms with Crippen molar-refractivity contribution in [1.29, 1.82) is 0 Å². The molecule has 1 aromatic heterocycles. The molecule has 10 heavy (non-hydrogen) atoms. The van der Waals surface area contributed by atoms with Gasteiger partial charge in [0.25, 0.3) is 0 Å². The van der Waals surface area contributed by atoms with Crippen LogP contribution >= 0.6 is 34.2 Å². The zero-order valence-electron chi connectivity index (χ0n) is 5.27. The maximum Gasteiger partial charge on any atom is 0.214 e. The Labute approximate surface area is 77.7 Å². The molecule has 0 N–H and O–H groups in total. The van der Waals surface area contributed by atoms with Gasteiger partial charge in [-0.15, -0.1) is 0 Å². The number of methoxy groups -OCH3 is 1. The Morgan fingerprint density at radius 2 is 2.30 bits per heavy atom. The van der Waals surface area contributed by atoms with Crippen LogP contribution in [0.5, 0.6) is 5.88 Å². The van der Waals surface area contributed by atoms with Crippen LogP contribution < -0.4 is 4.74 Å². The molecule has 0 saturated carbocycles. The Morgan fingerprint density at radius 3 is 2.80 bits per heavy atom. The van der Waals surface area contributed by atoms with E-state index in [2.05, 4.69) is 27.6 Å². The molecule has 1 aromatic rings. The first kappa shape index (κ1) is 8.07. The molecule has 0 fully saturated rings. The number of halogens is 2. The minimum absolute atomic E-state index is 0.591. The highest BCUT2D eigenvalue weighted by molar-refractivity contribution is 14.1. The zero-order valence-corrected chi connectivity index (χ0v) is 8.18. The molecular formula is C6H5ClINO. The van der Waals surface area contributed by atoms with Gasteiger partial charge in [0, 0.05) is 6.07 Å².